The van der Waals surface area contributed by atoms with Crippen molar-refractivity contribution in [3.63, 3.8) is 0 Å². The van der Waals surface area contributed by atoms with E-state index in [1.165, 1.54) is 0 Å². The molecule has 6 nitrogen and oxygen atoms in total. The molecule has 0 bridgehead atoms. The molecular formula is C21H18BN2O4P. The second-order valence-corrected chi connectivity index (χ2v) is 8.71. The summed E-state index contributed by atoms with van der Waals surface area (Å²) in [5.41, 5.74) is 0.225. The Balaban J connectivity index is 1.76. The molecule has 29 heavy (non-hydrogen) atoms. The monoisotopic (exact) mass is 404 g/mol. The lowest BCUT2D eigenvalue weighted by Crippen LogP contribution is -2.21. The number of carbonyl (C=O) groups is 1. The first kappa shape index (κ1) is 19.5. The molecule has 144 valence electrons. The van der Waals surface area contributed by atoms with Gasteiger partial charge in [0.05, 0.1) is 0 Å². The molecule has 0 fully saturated rings. The Morgan fingerprint density at radius 3 is 2.52 bits per heavy atom. The summed E-state index contributed by atoms with van der Waals surface area (Å²) in [4.78, 5) is 33.0. The lowest BCUT2D eigenvalue weighted by atomic mass is 9.94. The van der Waals surface area contributed by atoms with Gasteiger partial charge in [0.1, 0.15) is 7.85 Å². The van der Waals surface area contributed by atoms with Gasteiger partial charge < -0.3 is 19.7 Å². The molecule has 8 heteroatoms. The van der Waals surface area contributed by atoms with E-state index >= 15 is 0 Å². The number of nitrogens with one attached hydrogen (secondary N) is 1. The highest BCUT2D eigenvalue weighted by Crippen LogP contribution is 2.53. The number of aromatic nitrogens is 1. The van der Waals surface area contributed by atoms with Crippen LogP contribution in [0.2, 0.25) is 0 Å². The number of nitrogens with zero attached hydrogens (tertiary/aromatic N) is 1. The van der Waals surface area contributed by atoms with Crippen molar-refractivity contribution in [2.45, 2.75) is 5.66 Å². The lowest BCUT2D eigenvalue weighted by molar-refractivity contribution is -0.116. The molecule has 1 atom stereocenters. The maximum absolute atomic E-state index is 13.0. The van der Waals surface area contributed by atoms with Gasteiger partial charge in [-0.1, -0.05) is 47.9 Å². The molecule has 0 spiro atoms. The molecular weight excluding hydrogens is 386 g/mol. The highest BCUT2D eigenvalue weighted by molar-refractivity contribution is 7.53. The first-order valence-electron chi connectivity index (χ1n) is 8.93. The van der Waals surface area contributed by atoms with Crippen LogP contribution in [-0.2, 0) is 16.4 Å². The Morgan fingerprint density at radius 2 is 1.79 bits per heavy atom. The fourth-order valence-corrected chi connectivity index (χ4v) is 4.55. The van der Waals surface area contributed by atoms with E-state index in [2.05, 4.69) is 5.32 Å². The van der Waals surface area contributed by atoms with E-state index in [1.54, 1.807) is 48.1 Å². The molecule has 0 saturated carbocycles. The summed E-state index contributed by atoms with van der Waals surface area (Å²) in [5.74, 6) is -0.775. The minimum absolute atomic E-state index is 0.237. The molecule has 1 aromatic heterocycles. The number of aryl methyl sites for hydroxylation is 1. The quantitative estimate of drug-likeness (QED) is 0.360. The topological polar surface area (TPSA) is 91.6 Å². The summed E-state index contributed by atoms with van der Waals surface area (Å²) in [6.45, 7) is 0. The van der Waals surface area contributed by atoms with Crippen LogP contribution in [-0.4, -0.2) is 28.1 Å². The molecule has 1 amide bonds. The number of fused-ring (bicyclic) bond motifs is 2. The molecule has 4 aromatic rings. The van der Waals surface area contributed by atoms with Gasteiger partial charge in [-0.05, 0) is 29.0 Å². The lowest BCUT2D eigenvalue weighted by Gasteiger charge is -2.18. The van der Waals surface area contributed by atoms with Crippen LogP contribution in [0.25, 0.3) is 21.7 Å². The first-order valence-corrected chi connectivity index (χ1v) is 10.6. The molecule has 2 radical (unpaired) electrons. The Bertz CT molecular complexity index is 1290. The van der Waals surface area contributed by atoms with Crippen LogP contribution < -0.4 is 10.8 Å². The van der Waals surface area contributed by atoms with E-state index in [1.807, 2.05) is 30.3 Å². The van der Waals surface area contributed by atoms with E-state index in [0.29, 0.717) is 16.5 Å². The number of hydrogen-bond acceptors (Lipinski definition) is 2. The van der Waals surface area contributed by atoms with Gasteiger partial charge in [-0.15, -0.1) is 0 Å². The van der Waals surface area contributed by atoms with Gasteiger partial charge in [0.2, 0.25) is 5.91 Å². The van der Waals surface area contributed by atoms with Gasteiger partial charge in [0.25, 0.3) is 0 Å². The second-order valence-electron chi connectivity index (χ2n) is 7.01. The molecule has 3 aromatic carbocycles. The standard InChI is InChI=1S/C21H18BN2O4P/c1-24-12-18(17-11-15(22)7-9-19(17)24)20(29(26,27)28)21(25)23-16-8-6-13-4-2-3-5-14(13)10-16/h2-12,20H,1H3,(H,23,25)(H2,26,27,28). The van der Waals surface area contributed by atoms with E-state index in [-0.39, 0.29) is 5.56 Å². The molecule has 4 rings (SSSR count). The summed E-state index contributed by atoms with van der Waals surface area (Å²) in [6, 6.07) is 18.0. The maximum Gasteiger partial charge on any atom is 0.342 e. The summed E-state index contributed by atoms with van der Waals surface area (Å²) in [7, 11) is 2.80. The van der Waals surface area contributed by atoms with Crippen molar-refractivity contribution >= 4 is 54.2 Å². The van der Waals surface area contributed by atoms with Crippen LogP contribution in [0.4, 0.5) is 5.69 Å². The Morgan fingerprint density at radius 1 is 1.07 bits per heavy atom. The summed E-state index contributed by atoms with van der Waals surface area (Å²) >= 11 is 0. The summed E-state index contributed by atoms with van der Waals surface area (Å²) < 4.78 is 14.0. The predicted molar refractivity (Wildman–Crippen MR) is 116 cm³/mol. The number of anilines is 1. The second kappa shape index (κ2) is 7.19. The van der Waals surface area contributed by atoms with Crippen LogP contribution in [0.15, 0.2) is 66.9 Å². The van der Waals surface area contributed by atoms with Gasteiger partial charge in [0, 0.05) is 35.4 Å². The van der Waals surface area contributed by atoms with Crippen molar-refractivity contribution < 1.29 is 19.1 Å². The van der Waals surface area contributed by atoms with E-state index < -0.39 is 19.2 Å². The average molecular weight is 404 g/mol. The minimum atomic E-state index is -4.81. The van der Waals surface area contributed by atoms with Crippen LogP contribution >= 0.6 is 7.60 Å². The van der Waals surface area contributed by atoms with Crippen molar-refractivity contribution in [3.05, 3.63) is 72.4 Å². The third kappa shape index (κ3) is 3.72. The highest BCUT2D eigenvalue weighted by atomic mass is 31.2. The number of hydrogen-bond donors (Lipinski definition) is 3. The van der Waals surface area contributed by atoms with Crippen molar-refractivity contribution in [2.24, 2.45) is 7.05 Å². The van der Waals surface area contributed by atoms with Gasteiger partial charge in [-0.25, -0.2) is 0 Å². The molecule has 1 unspecified atom stereocenters. The zero-order valence-corrected chi connectivity index (χ0v) is 16.5. The highest BCUT2D eigenvalue weighted by Gasteiger charge is 2.39. The van der Waals surface area contributed by atoms with Crippen molar-refractivity contribution in [2.75, 3.05) is 5.32 Å². The Hall–Kier alpha value is -2.86. The molecule has 1 heterocycles. The van der Waals surface area contributed by atoms with E-state index in [9.17, 15) is 19.1 Å². The van der Waals surface area contributed by atoms with Crippen LogP contribution in [0, 0.1) is 0 Å². The van der Waals surface area contributed by atoms with Crippen LogP contribution in [0.1, 0.15) is 11.2 Å². The molecule has 0 aliphatic rings. The number of amides is 1. The first-order chi connectivity index (χ1) is 13.7. The minimum Gasteiger partial charge on any atom is -0.350 e. The molecule has 3 N–H and O–H groups in total. The summed E-state index contributed by atoms with van der Waals surface area (Å²) in [6.07, 6.45) is 1.56. The largest absolute Gasteiger partial charge is 0.350 e. The van der Waals surface area contributed by atoms with Gasteiger partial charge in [-0.2, -0.15) is 0 Å². The summed E-state index contributed by atoms with van der Waals surface area (Å²) in [5, 5.41) is 5.11. The molecule has 0 saturated heterocycles. The maximum atomic E-state index is 13.0. The fraction of sp³-hybridized carbons (Fsp3) is 0.0952. The molecule has 0 aliphatic heterocycles. The normalized spacial score (nSPS) is 12.9. The zero-order valence-electron chi connectivity index (χ0n) is 15.6. The number of benzene rings is 3. The average Bonchev–Trinajstić information content (AvgIpc) is 2.96. The molecule has 0 aliphatic carbocycles. The van der Waals surface area contributed by atoms with Gasteiger partial charge in [-0.3, -0.25) is 9.36 Å². The predicted octanol–water partition coefficient (Wildman–Crippen LogP) is 2.98. The van der Waals surface area contributed by atoms with Gasteiger partial charge >= 0.3 is 7.60 Å². The smallest absolute Gasteiger partial charge is 0.342 e. The zero-order chi connectivity index (χ0) is 20.8. The Labute approximate surface area is 168 Å². The Kier molecular flexibility index (Phi) is 4.83. The van der Waals surface area contributed by atoms with Gasteiger partial charge in [0.15, 0.2) is 5.66 Å². The SMILES string of the molecule is [B]c1ccc2c(c1)c(C(C(=O)Nc1ccc3ccccc3c1)P(=O)(O)O)cn2C. The van der Waals surface area contributed by atoms with Crippen LogP contribution in [0.5, 0.6) is 0 Å². The van der Waals surface area contributed by atoms with Crippen LogP contribution in [0.3, 0.4) is 0 Å². The number of carbonyl (C=O) groups excluding carboxylic acids is 1. The number of rotatable bonds is 4. The third-order valence-electron chi connectivity index (χ3n) is 4.94. The fourth-order valence-electron chi connectivity index (χ4n) is 3.61. The van der Waals surface area contributed by atoms with E-state index in [0.717, 1.165) is 16.3 Å². The van der Waals surface area contributed by atoms with Crippen molar-refractivity contribution in [1.82, 2.24) is 4.57 Å². The van der Waals surface area contributed by atoms with Crippen molar-refractivity contribution in [1.29, 1.82) is 0 Å². The third-order valence-corrected chi connectivity index (χ3v) is 6.13. The van der Waals surface area contributed by atoms with Crippen molar-refractivity contribution in [3.8, 4) is 0 Å². The van der Waals surface area contributed by atoms with E-state index in [4.69, 9.17) is 7.85 Å².